The smallest absolute Gasteiger partial charge is 0.263 e. The highest BCUT2D eigenvalue weighted by Gasteiger charge is 2.27. The lowest BCUT2D eigenvalue weighted by Crippen LogP contribution is -2.44. The summed E-state index contributed by atoms with van der Waals surface area (Å²) in [6.45, 7) is 12.1. The highest BCUT2D eigenvalue weighted by atomic mass is 32.2. The van der Waals surface area contributed by atoms with Gasteiger partial charge in [0.05, 0.1) is 10.6 Å². The third-order valence-corrected chi connectivity index (χ3v) is 7.98. The number of hydrogen-bond donors (Lipinski definition) is 1. The second-order valence-electron chi connectivity index (χ2n) is 8.26. The number of fused-ring (bicyclic) bond motifs is 1. The van der Waals surface area contributed by atoms with E-state index < -0.39 is 0 Å². The summed E-state index contributed by atoms with van der Waals surface area (Å²) in [5.41, 5.74) is 1.01. The number of nitrogens with zero attached hydrogens (tertiary/aromatic N) is 2. The fourth-order valence-electron chi connectivity index (χ4n) is 3.87. The van der Waals surface area contributed by atoms with Gasteiger partial charge in [-0.3, -0.25) is 14.2 Å². The van der Waals surface area contributed by atoms with Crippen LogP contribution in [0.1, 0.15) is 69.9 Å². The highest BCUT2D eigenvalue weighted by molar-refractivity contribution is 8.00. The van der Waals surface area contributed by atoms with Crippen LogP contribution in [-0.4, -0.2) is 26.8 Å². The summed E-state index contributed by atoms with van der Waals surface area (Å²) in [7, 11) is 0. The lowest BCUT2D eigenvalue weighted by molar-refractivity contribution is -0.121. The third-order valence-electron chi connectivity index (χ3n) is 5.81. The molecule has 0 aromatic carbocycles. The lowest BCUT2D eigenvalue weighted by Gasteiger charge is -2.30. The molecule has 0 saturated heterocycles. The molecule has 0 spiro atoms. The molecule has 0 aliphatic heterocycles. The van der Waals surface area contributed by atoms with E-state index in [0.29, 0.717) is 16.5 Å². The van der Waals surface area contributed by atoms with Gasteiger partial charge < -0.3 is 5.32 Å². The molecule has 28 heavy (non-hydrogen) atoms. The summed E-state index contributed by atoms with van der Waals surface area (Å²) in [5.74, 6) is 0.558. The molecule has 2 heterocycles. The number of aromatic nitrogens is 2. The van der Waals surface area contributed by atoms with Crippen LogP contribution in [0.2, 0.25) is 0 Å². The zero-order valence-corrected chi connectivity index (χ0v) is 19.3. The predicted octanol–water partition coefficient (Wildman–Crippen LogP) is 4.83. The van der Waals surface area contributed by atoms with Gasteiger partial charge in [-0.15, -0.1) is 11.3 Å². The Morgan fingerprint density at radius 1 is 1.25 bits per heavy atom. The maximum atomic E-state index is 13.2. The lowest BCUT2D eigenvalue weighted by atomic mass is 9.86. The quantitative estimate of drug-likeness (QED) is 0.555. The SMILES string of the molecule is Cc1sc2nc(S[C@H](C)C(=O)N[C@@H]3CCCC[C@@H]3C)n(C(C)C)c(=O)c2c1C. The van der Waals surface area contributed by atoms with E-state index in [1.165, 1.54) is 31.0 Å². The molecule has 154 valence electrons. The van der Waals surface area contributed by atoms with Crippen LogP contribution in [0.25, 0.3) is 10.2 Å². The van der Waals surface area contributed by atoms with Gasteiger partial charge in [0.1, 0.15) is 4.83 Å². The Bertz CT molecular complexity index is 932. The number of carbonyl (C=O) groups excluding carboxylic acids is 1. The first-order chi connectivity index (χ1) is 13.2. The first kappa shape index (κ1) is 21.4. The van der Waals surface area contributed by atoms with Crippen molar-refractivity contribution < 1.29 is 4.79 Å². The van der Waals surface area contributed by atoms with Crippen LogP contribution in [-0.2, 0) is 4.79 Å². The maximum absolute atomic E-state index is 13.2. The summed E-state index contributed by atoms with van der Waals surface area (Å²) in [6.07, 6.45) is 4.66. The third kappa shape index (κ3) is 4.15. The Morgan fingerprint density at radius 3 is 2.57 bits per heavy atom. The Kier molecular flexibility index (Phi) is 6.54. The van der Waals surface area contributed by atoms with Crippen LogP contribution < -0.4 is 10.9 Å². The van der Waals surface area contributed by atoms with Crippen molar-refractivity contribution in [3.05, 3.63) is 20.8 Å². The van der Waals surface area contributed by atoms with Gasteiger partial charge in [0.15, 0.2) is 5.16 Å². The minimum atomic E-state index is -0.300. The Balaban J connectivity index is 1.87. The molecule has 2 aromatic heterocycles. The zero-order valence-electron chi connectivity index (χ0n) is 17.7. The van der Waals surface area contributed by atoms with Crippen molar-refractivity contribution in [1.82, 2.24) is 14.9 Å². The van der Waals surface area contributed by atoms with Gasteiger partial charge in [0.2, 0.25) is 5.91 Å². The number of rotatable bonds is 5. The van der Waals surface area contributed by atoms with Crippen LogP contribution in [0, 0.1) is 19.8 Å². The second-order valence-corrected chi connectivity index (χ2v) is 10.8. The molecular formula is C21H31N3O2S2. The van der Waals surface area contributed by atoms with Crippen molar-refractivity contribution in [2.45, 2.75) is 89.7 Å². The van der Waals surface area contributed by atoms with Gasteiger partial charge in [-0.25, -0.2) is 4.98 Å². The zero-order chi connectivity index (χ0) is 20.6. The topological polar surface area (TPSA) is 64.0 Å². The van der Waals surface area contributed by atoms with Crippen LogP contribution >= 0.6 is 23.1 Å². The average molecular weight is 422 g/mol. The molecule has 7 heteroatoms. The summed E-state index contributed by atoms with van der Waals surface area (Å²) in [4.78, 5) is 32.6. The van der Waals surface area contributed by atoms with E-state index in [-0.39, 0.29) is 28.8 Å². The van der Waals surface area contributed by atoms with Crippen molar-refractivity contribution in [3.8, 4) is 0 Å². The van der Waals surface area contributed by atoms with Crippen molar-refractivity contribution in [3.63, 3.8) is 0 Å². The fraction of sp³-hybridized carbons (Fsp3) is 0.667. The van der Waals surface area contributed by atoms with Crippen molar-refractivity contribution in [1.29, 1.82) is 0 Å². The van der Waals surface area contributed by atoms with Gasteiger partial charge in [0, 0.05) is 17.0 Å². The maximum Gasteiger partial charge on any atom is 0.263 e. The average Bonchev–Trinajstić information content (AvgIpc) is 2.90. The van der Waals surface area contributed by atoms with Crippen molar-refractivity contribution >= 4 is 39.2 Å². The molecule has 5 nitrogen and oxygen atoms in total. The van der Waals surface area contributed by atoms with E-state index in [9.17, 15) is 9.59 Å². The molecule has 3 rings (SSSR count). The van der Waals surface area contributed by atoms with E-state index in [1.54, 1.807) is 15.9 Å². The molecule has 2 aromatic rings. The van der Waals surface area contributed by atoms with Crippen LogP contribution in [0.15, 0.2) is 9.95 Å². The summed E-state index contributed by atoms with van der Waals surface area (Å²) in [5, 5.41) is 4.28. The highest BCUT2D eigenvalue weighted by Crippen LogP contribution is 2.31. The van der Waals surface area contributed by atoms with E-state index >= 15 is 0 Å². The predicted molar refractivity (Wildman–Crippen MR) is 119 cm³/mol. The van der Waals surface area contributed by atoms with Crippen molar-refractivity contribution in [2.75, 3.05) is 0 Å². The number of thioether (sulfide) groups is 1. The number of nitrogens with one attached hydrogen (secondary N) is 1. The van der Waals surface area contributed by atoms with Gasteiger partial charge >= 0.3 is 0 Å². The van der Waals surface area contributed by atoms with Crippen LogP contribution in [0.3, 0.4) is 0 Å². The van der Waals surface area contributed by atoms with E-state index in [0.717, 1.165) is 21.7 Å². The molecule has 0 radical (unpaired) electrons. The number of thiophene rings is 1. The number of hydrogen-bond acceptors (Lipinski definition) is 5. The van der Waals surface area contributed by atoms with Crippen LogP contribution in [0.4, 0.5) is 0 Å². The normalized spacial score (nSPS) is 21.2. The summed E-state index contributed by atoms with van der Waals surface area (Å²) >= 11 is 2.94. The largest absolute Gasteiger partial charge is 0.352 e. The number of carbonyl (C=O) groups is 1. The Labute approximate surface area is 175 Å². The number of amides is 1. The van der Waals surface area contributed by atoms with E-state index in [4.69, 9.17) is 4.98 Å². The summed E-state index contributed by atoms with van der Waals surface area (Å²) < 4.78 is 1.74. The fourth-order valence-corrected chi connectivity index (χ4v) is 5.99. The standard InChI is InChI=1S/C21H31N3O2S2/c1-11(2)24-20(26)17-13(4)14(5)27-19(17)23-21(24)28-15(6)18(25)22-16-10-8-7-9-12(16)3/h11-12,15-16H,7-10H2,1-6H3,(H,22,25)/t12-,15+,16+/m0/s1. The molecular weight excluding hydrogens is 390 g/mol. The second kappa shape index (κ2) is 8.57. The van der Waals surface area contributed by atoms with E-state index in [2.05, 4.69) is 12.2 Å². The molecule has 0 unspecified atom stereocenters. The van der Waals surface area contributed by atoms with Crippen molar-refractivity contribution in [2.24, 2.45) is 5.92 Å². The Morgan fingerprint density at radius 2 is 1.93 bits per heavy atom. The van der Waals surface area contributed by atoms with Gasteiger partial charge in [0.25, 0.3) is 5.56 Å². The van der Waals surface area contributed by atoms with Gasteiger partial charge in [-0.2, -0.15) is 0 Å². The molecule has 1 saturated carbocycles. The first-order valence-corrected chi connectivity index (χ1v) is 11.9. The Hall–Kier alpha value is -1.34. The molecule has 1 fully saturated rings. The van der Waals surface area contributed by atoms with Gasteiger partial charge in [-0.05, 0) is 58.9 Å². The minimum absolute atomic E-state index is 0.00198. The molecule has 1 aliphatic rings. The monoisotopic (exact) mass is 421 g/mol. The first-order valence-electron chi connectivity index (χ1n) is 10.2. The molecule has 1 N–H and O–H groups in total. The van der Waals surface area contributed by atoms with Gasteiger partial charge in [-0.1, -0.05) is 31.5 Å². The van der Waals surface area contributed by atoms with E-state index in [1.807, 2.05) is 34.6 Å². The summed E-state index contributed by atoms with van der Waals surface area (Å²) in [6, 6.07) is 0.245. The molecule has 1 aliphatic carbocycles. The minimum Gasteiger partial charge on any atom is -0.352 e. The molecule has 0 bridgehead atoms. The molecule has 1 amide bonds. The van der Waals surface area contributed by atoms with Crippen LogP contribution in [0.5, 0.6) is 0 Å². The molecule has 3 atom stereocenters. The number of aryl methyl sites for hydroxylation is 2.